The van der Waals surface area contributed by atoms with Crippen LogP contribution in [-0.4, -0.2) is 39.2 Å². The van der Waals surface area contributed by atoms with Crippen molar-refractivity contribution >= 4 is 21.6 Å². The third kappa shape index (κ3) is 6.51. The van der Waals surface area contributed by atoms with Crippen molar-refractivity contribution < 1.29 is 13.2 Å². The first-order valence-corrected chi connectivity index (χ1v) is 13.8. The molecule has 11 heteroatoms. The lowest BCUT2D eigenvalue weighted by molar-refractivity contribution is 0.1000. The van der Waals surface area contributed by atoms with Gasteiger partial charge in [-0.25, -0.2) is 33.3 Å². The molecule has 0 spiro atoms. The minimum absolute atomic E-state index is 0.0257. The normalized spacial score (nSPS) is 11.2. The Morgan fingerprint density at radius 2 is 1.50 bits per heavy atom. The molecule has 0 radical (unpaired) electrons. The van der Waals surface area contributed by atoms with Crippen molar-refractivity contribution in [2.45, 2.75) is 24.7 Å². The molecule has 0 atom stereocenters. The fraction of sp³-hybridized carbons (Fsp3) is 0.103. The Morgan fingerprint density at radius 3 is 2.20 bits per heavy atom. The molecule has 5 rings (SSSR count). The molecule has 1 amide bonds. The van der Waals surface area contributed by atoms with E-state index in [9.17, 15) is 13.2 Å². The third-order valence-corrected chi connectivity index (χ3v) is 7.37. The zero-order chi connectivity index (χ0) is 28.1. The van der Waals surface area contributed by atoms with E-state index in [1.54, 1.807) is 24.5 Å². The molecule has 0 aliphatic heterocycles. The van der Waals surface area contributed by atoms with Crippen LogP contribution in [0, 0.1) is 6.92 Å². The van der Waals surface area contributed by atoms with Gasteiger partial charge in [0.2, 0.25) is 5.91 Å². The standard InChI is InChI=1S/C29H25N7O3S/c1-19-3-2-4-26(33-19)29-32-16-14-24(35-29)18-23-13-15-31-27(34-23)17-20-5-9-22(10-6-20)36-40(38,39)25-11-7-21(8-12-25)28(30)37/h2-16,36H,17-18H2,1H3,(H2,30,37). The van der Waals surface area contributed by atoms with Crippen molar-refractivity contribution in [3.63, 3.8) is 0 Å². The monoisotopic (exact) mass is 551 g/mol. The number of sulfonamides is 1. The summed E-state index contributed by atoms with van der Waals surface area (Å²) in [7, 11) is -3.83. The lowest BCUT2D eigenvalue weighted by atomic mass is 10.1. The van der Waals surface area contributed by atoms with Crippen LogP contribution in [0.4, 0.5) is 5.69 Å². The number of carbonyl (C=O) groups excluding carboxylic acids is 1. The van der Waals surface area contributed by atoms with Gasteiger partial charge in [-0.05, 0) is 73.2 Å². The number of amides is 1. The van der Waals surface area contributed by atoms with Gasteiger partial charge in [0.1, 0.15) is 11.5 Å². The van der Waals surface area contributed by atoms with Gasteiger partial charge in [0.25, 0.3) is 10.0 Å². The van der Waals surface area contributed by atoms with E-state index in [1.807, 2.05) is 49.4 Å². The van der Waals surface area contributed by atoms with E-state index in [4.69, 9.17) is 5.73 Å². The topological polar surface area (TPSA) is 154 Å². The van der Waals surface area contributed by atoms with E-state index in [0.717, 1.165) is 28.3 Å². The molecule has 5 aromatic rings. The second-order valence-electron chi connectivity index (χ2n) is 9.04. The van der Waals surface area contributed by atoms with Gasteiger partial charge < -0.3 is 5.73 Å². The molecule has 200 valence electrons. The van der Waals surface area contributed by atoms with E-state index in [2.05, 4.69) is 29.6 Å². The molecule has 0 aliphatic rings. The highest BCUT2D eigenvalue weighted by molar-refractivity contribution is 7.92. The number of hydrogen-bond acceptors (Lipinski definition) is 8. The Morgan fingerprint density at radius 1 is 0.800 bits per heavy atom. The van der Waals surface area contributed by atoms with Gasteiger partial charge in [0.15, 0.2) is 5.82 Å². The van der Waals surface area contributed by atoms with Crippen LogP contribution in [0.2, 0.25) is 0 Å². The number of pyridine rings is 1. The van der Waals surface area contributed by atoms with Gasteiger partial charge in [-0.2, -0.15) is 0 Å². The van der Waals surface area contributed by atoms with E-state index >= 15 is 0 Å². The number of aryl methyl sites for hydroxylation is 1. The molecule has 0 aliphatic carbocycles. The first-order chi connectivity index (χ1) is 19.2. The quantitative estimate of drug-likeness (QED) is 0.281. The first-order valence-electron chi connectivity index (χ1n) is 12.3. The molecule has 10 nitrogen and oxygen atoms in total. The number of carbonyl (C=O) groups is 1. The number of aromatic nitrogens is 5. The Labute approximate surface area is 231 Å². The fourth-order valence-electron chi connectivity index (χ4n) is 3.98. The van der Waals surface area contributed by atoms with Crippen LogP contribution >= 0.6 is 0 Å². The van der Waals surface area contributed by atoms with Crippen molar-refractivity contribution in [3.8, 4) is 11.5 Å². The van der Waals surface area contributed by atoms with Gasteiger partial charge in [-0.3, -0.25) is 9.52 Å². The van der Waals surface area contributed by atoms with Gasteiger partial charge in [0, 0.05) is 42.2 Å². The number of nitrogens with one attached hydrogen (secondary N) is 1. The third-order valence-electron chi connectivity index (χ3n) is 5.97. The summed E-state index contributed by atoms with van der Waals surface area (Å²) in [6, 6.07) is 21.8. The number of hydrogen-bond donors (Lipinski definition) is 2. The molecule has 0 fully saturated rings. The highest BCUT2D eigenvalue weighted by atomic mass is 32.2. The van der Waals surface area contributed by atoms with Crippen molar-refractivity contribution in [2.75, 3.05) is 4.72 Å². The van der Waals surface area contributed by atoms with E-state index in [-0.39, 0.29) is 10.5 Å². The zero-order valence-electron chi connectivity index (χ0n) is 21.5. The van der Waals surface area contributed by atoms with Crippen LogP contribution < -0.4 is 10.5 Å². The molecule has 3 heterocycles. The summed E-state index contributed by atoms with van der Waals surface area (Å²) in [6.07, 6.45) is 4.42. The van der Waals surface area contributed by atoms with Crippen molar-refractivity contribution in [1.82, 2.24) is 24.9 Å². The summed E-state index contributed by atoms with van der Waals surface area (Å²) in [4.78, 5) is 33.8. The summed E-state index contributed by atoms with van der Waals surface area (Å²) >= 11 is 0. The molecule has 3 N–H and O–H groups in total. The largest absolute Gasteiger partial charge is 0.366 e. The number of primary amides is 1. The average Bonchev–Trinajstić information content (AvgIpc) is 2.94. The molecular formula is C29H25N7O3S. The Hall–Kier alpha value is -5.03. The van der Waals surface area contributed by atoms with Crippen LogP contribution in [0.1, 0.15) is 38.8 Å². The molecule has 3 aromatic heterocycles. The molecule has 0 saturated heterocycles. The number of rotatable bonds is 9. The van der Waals surface area contributed by atoms with Crippen molar-refractivity contribution in [2.24, 2.45) is 5.73 Å². The fourth-order valence-corrected chi connectivity index (χ4v) is 5.04. The Balaban J connectivity index is 1.24. The van der Waals surface area contributed by atoms with Crippen molar-refractivity contribution in [3.05, 3.63) is 125 Å². The maximum Gasteiger partial charge on any atom is 0.261 e. The van der Waals surface area contributed by atoms with Crippen LogP contribution in [0.25, 0.3) is 11.5 Å². The highest BCUT2D eigenvalue weighted by Gasteiger charge is 2.15. The molecule has 40 heavy (non-hydrogen) atoms. The Kier molecular flexibility index (Phi) is 7.56. The smallest absolute Gasteiger partial charge is 0.261 e. The summed E-state index contributed by atoms with van der Waals surface area (Å²) in [5.41, 5.74) is 10.0. The van der Waals surface area contributed by atoms with Gasteiger partial charge >= 0.3 is 0 Å². The molecule has 2 aromatic carbocycles. The maximum atomic E-state index is 12.7. The molecule has 0 saturated carbocycles. The number of nitrogens with two attached hydrogens (primary N) is 1. The number of nitrogens with zero attached hydrogens (tertiary/aromatic N) is 5. The molecule has 0 unspecified atom stereocenters. The van der Waals surface area contributed by atoms with Crippen molar-refractivity contribution in [1.29, 1.82) is 0 Å². The molecule has 0 bridgehead atoms. The number of benzene rings is 2. The SMILES string of the molecule is Cc1cccc(-c2nccc(Cc3ccnc(Cc4ccc(NS(=O)(=O)c5ccc(C(N)=O)cc5)cc4)n3)n2)n1. The summed E-state index contributed by atoms with van der Waals surface area (Å²) < 4.78 is 27.9. The highest BCUT2D eigenvalue weighted by Crippen LogP contribution is 2.19. The lowest BCUT2D eigenvalue weighted by Gasteiger charge is -2.09. The van der Waals surface area contributed by atoms with E-state index < -0.39 is 15.9 Å². The minimum Gasteiger partial charge on any atom is -0.366 e. The first kappa shape index (κ1) is 26.6. The van der Waals surface area contributed by atoms with Crippen LogP contribution in [0.3, 0.4) is 0 Å². The summed E-state index contributed by atoms with van der Waals surface area (Å²) in [5.74, 6) is 0.574. The van der Waals surface area contributed by atoms with Gasteiger partial charge in [-0.1, -0.05) is 18.2 Å². The summed E-state index contributed by atoms with van der Waals surface area (Å²) in [6.45, 7) is 1.93. The van der Waals surface area contributed by atoms with E-state index in [0.29, 0.717) is 30.2 Å². The second kappa shape index (κ2) is 11.4. The summed E-state index contributed by atoms with van der Waals surface area (Å²) in [5, 5.41) is 0. The van der Waals surface area contributed by atoms with Gasteiger partial charge in [-0.15, -0.1) is 0 Å². The molecular weight excluding hydrogens is 526 g/mol. The lowest BCUT2D eigenvalue weighted by Crippen LogP contribution is -2.14. The zero-order valence-corrected chi connectivity index (χ0v) is 22.3. The van der Waals surface area contributed by atoms with Crippen LogP contribution in [-0.2, 0) is 22.9 Å². The van der Waals surface area contributed by atoms with Crippen LogP contribution in [0.15, 0.2) is 96.2 Å². The Bertz CT molecular complexity index is 1770. The predicted molar refractivity (Wildman–Crippen MR) is 150 cm³/mol. The average molecular weight is 552 g/mol. The second-order valence-corrected chi connectivity index (χ2v) is 10.7. The number of anilines is 1. The predicted octanol–water partition coefficient (Wildman–Crippen LogP) is 3.72. The van der Waals surface area contributed by atoms with Crippen LogP contribution in [0.5, 0.6) is 0 Å². The van der Waals surface area contributed by atoms with E-state index in [1.165, 1.54) is 24.3 Å². The maximum absolute atomic E-state index is 12.7. The van der Waals surface area contributed by atoms with Gasteiger partial charge in [0.05, 0.1) is 16.3 Å². The minimum atomic E-state index is -3.83.